The summed E-state index contributed by atoms with van der Waals surface area (Å²) in [6.07, 6.45) is 10.4. The number of carbonyl (C=O) groups excluding carboxylic acids is 1. The number of imidazole rings is 2. The highest BCUT2D eigenvalue weighted by molar-refractivity contribution is 6.08. The highest BCUT2D eigenvalue weighted by atomic mass is 16.1. The lowest BCUT2D eigenvalue weighted by Crippen LogP contribution is -2.04. The molecule has 0 saturated carbocycles. The lowest BCUT2D eigenvalue weighted by Gasteiger charge is -2.09. The molecule has 36 heavy (non-hydrogen) atoms. The first-order valence-electron chi connectivity index (χ1n) is 11.4. The fourth-order valence-corrected chi connectivity index (χ4v) is 4.07. The van der Waals surface area contributed by atoms with E-state index in [0.29, 0.717) is 34.2 Å². The third-order valence-corrected chi connectivity index (χ3v) is 5.86. The van der Waals surface area contributed by atoms with Crippen LogP contribution in [0.3, 0.4) is 0 Å². The van der Waals surface area contributed by atoms with Crippen molar-refractivity contribution in [2.75, 3.05) is 0 Å². The van der Waals surface area contributed by atoms with Crippen LogP contribution in [0.25, 0.3) is 34.4 Å². The zero-order chi connectivity index (χ0) is 24.3. The molecule has 0 unspecified atom stereocenters. The summed E-state index contributed by atoms with van der Waals surface area (Å²) in [5.41, 5.74) is 4.31. The molecule has 0 aliphatic heterocycles. The Labute approximate surface area is 207 Å². The predicted octanol–water partition coefficient (Wildman–Crippen LogP) is 5.41. The van der Waals surface area contributed by atoms with Crippen LogP contribution < -0.4 is 0 Å². The molecule has 0 aliphatic rings. The standard InChI is InChI=1S/C29H20N6O/c36-27(21-11-13-25(32-19-21)28-30-15-17-34(28)23-7-3-1-4-8-23)22-12-14-26(33-20-22)29-31-16-18-35(29)24-9-5-2-6-10-24/h1-20H. The summed E-state index contributed by atoms with van der Waals surface area (Å²) in [6.45, 7) is 0. The number of para-hydroxylation sites is 2. The van der Waals surface area contributed by atoms with Crippen LogP contribution in [-0.4, -0.2) is 34.9 Å². The van der Waals surface area contributed by atoms with Gasteiger partial charge in [0, 0.05) is 59.7 Å². The number of ketones is 1. The van der Waals surface area contributed by atoms with Gasteiger partial charge < -0.3 is 0 Å². The van der Waals surface area contributed by atoms with Crippen molar-refractivity contribution in [3.63, 3.8) is 0 Å². The first-order chi connectivity index (χ1) is 17.8. The number of nitrogens with zero attached hydrogens (tertiary/aromatic N) is 6. The van der Waals surface area contributed by atoms with E-state index in [1.807, 2.05) is 94.3 Å². The van der Waals surface area contributed by atoms with Crippen LogP contribution in [0.4, 0.5) is 0 Å². The Balaban J connectivity index is 1.24. The maximum absolute atomic E-state index is 13.1. The van der Waals surface area contributed by atoms with E-state index < -0.39 is 0 Å². The number of hydrogen-bond acceptors (Lipinski definition) is 5. The smallest absolute Gasteiger partial charge is 0.196 e. The molecule has 0 amide bonds. The minimum atomic E-state index is -0.147. The van der Waals surface area contributed by atoms with Crippen molar-refractivity contribution < 1.29 is 4.79 Å². The molecule has 7 heteroatoms. The zero-order valence-electron chi connectivity index (χ0n) is 19.1. The van der Waals surface area contributed by atoms with Gasteiger partial charge in [-0.15, -0.1) is 0 Å². The summed E-state index contributed by atoms with van der Waals surface area (Å²) in [7, 11) is 0. The van der Waals surface area contributed by atoms with Gasteiger partial charge in [0.2, 0.25) is 0 Å². The van der Waals surface area contributed by atoms with Gasteiger partial charge in [-0.05, 0) is 48.5 Å². The third kappa shape index (κ3) is 3.99. The van der Waals surface area contributed by atoms with E-state index in [-0.39, 0.29) is 5.78 Å². The highest BCUT2D eigenvalue weighted by Gasteiger charge is 2.15. The molecule has 0 saturated heterocycles. The zero-order valence-corrected chi connectivity index (χ0v) is 19.1. The Morgan fingerprint density at radius 2 is 0.972 bits per heavy atom. The number of pyridine rings is 2. The van der Waals surface area contributed by atoms with Crippen molar-refractivity contribution in [3.8, 4) is 34.4 Å². The first-order valence-corrected chi connectivity index (χ1v) is 11.4. The van der Waals surface area contributed by atoms with Gasteiger partial charge >= 0.3 is 0 Å². The van der Waals surface area contributed by atoms with Gasteiger partial charge in [0.15, 0.2) is 17.4 Å². The fraction of sp³-hybridized carbons (Fsp3) is 0. The summed E-state index contributed by atoms with van der Waals surface area (Å²) < 4.78 is 3.93. The molecule has 172 valence electrons. The van der Waals surface area contributed by atoms with Gasteiger partial charge in [-0.2, -0.15) is 0 Å². The summed E-state index contributed by atoms with van der Waals surface area (Å²) >= 11 is 0. The second-order valence-corrected chi connectivity index (χ2v) is 8.11. The van der Waals surface area contributed by atoms with Crippen molar-refractivity contribution in [2.45, 2.75) is 0 Å². The maximum Gasteiger partial charge on any atom is 0.196 e. The van der Waals surface area contributed by atoms with Crippen LogP contribution in [0, 0.1) is 0 Å². The van der Waals surface area contributed by atoms with Crippen LogP contribution in [0.5, 0.6) is 0 Å². The molecule has 2 aromatic carbocycles. The number of benzene rings is 2. The summed E-state index contributed by atoms with van der Waals surface area (Å²) in [5, 5.41) is 0. The summed E-state index contributed by atoms with van der Waals surface area (Å²) in [5.74, 6) is 1.27. The van der Waals surface area contributed by atoms with E-state index in [2.05, 4.69) is 19.9 Å². The van der Waals surface area contributed by atoms with Crippen LogP contribution in [-0.2, 0) is 0 Å². The molecule has 0 aliphatic carbocycles. The summed E-state index contributed by atoms with van der Waals surface area (Å²) in [4.78, 5) is 31.0. The number of aromatic nitrogens is 6. The van der Waals surface area contributed by atoms with E-state index in [9.17, 15) is 4.79 Å². The Morgan fingerprint density at radius 3 is 1.36 bits per heavy atom. The number of hydrogen-bond donors (Lipinski definition) is 0. The molecule has 0 fully saturated rings. The molecular formula is C29H20N6O. The molecule has 4 aromatic heterocycles. The molecule has 0 bridgehead atoms. The van der Waals surface area contributed by atoms with Gasteiger partial charge in [0.25, 0.3) is 0 Å². The molecule has 0 atom stereocenters. The van der Waals surface area contributed by atoms with Crippen molar-refractivity contribution in [3.05, 3.63) is 133 Å². The molecule has 0 spiro atoms. The van der Waals surface area contributed by atoms with Crippen molar-refractivity contribution in [1.29, 1.82) is 0 Å². The molecular weight excluding hydrogens is 448 g/mol. The number of rotatable bonds is 6. The van der Waals surface area contributed by atoms with Gasteiger partial charge in [0.05, 0.1) is 0 Å². The Hall–Kier alpha value is -5.17. The average Bonchev–Trinajstić information content (AvgIpc) is 3.64. The van der Waals surface area contributed by atoms with E-state index in [1.165, 1.54) is 0 Å². The monoisotopic (exact) mass is 468 g/mol. The van der Waals surface area contributed by atoms with E-state index in [4.69, 9.17) is 0 Å². The predicted molar refractivity (Wildman–Crippen MR) is 137 cm³/mol. The maximum atomic E-state index is 13.1. The molecule has 7 nitrogen and oxygen atoms in total. The first kappa shape index (κ1) is 21.4. The van der Waals surface area contributed by atoms with Crippen LogP contribution in [0.1, 0.15) is 15.9 Å². The Morgan fingerprint density at radius 1 is 0.528 bits per heavy atom. The van der Waals surface area contributed by atoms with Gasteiger partial charge in [-0.25, -0.2) is 9.97 Å². The van der Waals surface area contributed by atoms with E-state index >= 15 is 0 Å². The third-order valence-electron chi connectivity index (χ3n) is 5.86. The lowest BCUT2D eigenvalue weighted by atomic mass is 10.1. The molecule has 6 rings (SSSR count). The second kappa shape index (κ2) is 9.23. The van der Waals surface area contributed by atoms with E-state index in [1.54, 1.807) is 36.9 Å². The minimum Gasteiger partial charge on any atom is -0.299 e. The average molecular weight is 469 g/mol. The molecule has 6 aromatic rings. The Kier molecular flexibility index (Phi) is 5.48. The number of carbonyl (C=O) groups is 1. The topological polar surface area (TPSA) is 78.5 Å². The Bertz CT molecular complexity index is 1500. The van der Waals surface area contributed by atoms with Gasteiger partial charge in [-0.3, -0.25) is 23.9 Å². The quantitative estimate of drug-likeness (QED) is 0.305. The highest BCUT2D eigenvalue weighted by Crippen LogP contribution is 2.22. The van der Waals surface area contributed by atoms with E-state index in [0.717, 1.165) is 11.4 Å². The second-order valence-electron chi connectivity index (χ2n) is 8.11. The normalized spacial score (nSPS) is 10.9. The lowest BCUT2D eigenvalue weighted by molar-refractivity contribution is 0.103. The minimum absolute atomic E-state index is 0.147. The molecule has 4 heterocycles. The SMILES string of the molecule is O=C(c1ccc(-c2nccn2-c2ccccc2)nc1)c1ccc(-c2nccn2-c2ccccc2)nc1. The molecule has 0 radical (unpaired) electrons. The van der Waals surface area contributed by atoms with Crippen molar-refractivity contribution in [1.82, 2.24) is 29.1 Å². The molecule has 0 N–H and O–H groups in total. The fourth-order valence-electron chi connectivity index (χ4n) is 4.07. The van der Waals surface area contributed by atoms with Crippen molar-refractivity contribution >= 4 is 5.78 Å². The van der Waals surface area contributed by atoms with Crippen LogP contribution in [0.15, 0.2) is 122 Å². The van der Waals surface area contributed by atoms with Crippen LogP contribution >= 0.6 is 0 Å². The largest absolute Gasteiger partial charge is 0.299 e. The van der Waals surface area contributed by atoms with Gasteiger partial charge in [-0.1, -0.05) is 36.4 Å². The van der Waals surface area contributed by atoms with Crippen LogP contribution in [0.2, 0.25) is 0 Å². The summed E-state index contributed by atoms with van der Waals surface area (Å²) in [6, 6.07) is 27.0. The van der Waals surface area contributed by atoms with Crippen molar-refractivity contribution in [2.24, 2.45) is 0 Å². The van der Waals surface area contributed by atoms with Gasteiger partial charge in [0.1, 0.15) is 11.4 Å².